The second-order valence-corrected chi connectivity index (χ2v) is 8.55. The largest absolute Gasteiger partial charge is 0.313 e. The molecule has 0 amide bonds. The molecule has 1 saturated carbocycles. The van der Waals surface area contributed by atoms with Crippen LogP contribution in [-0.4, -0.2) is 36.6 Å². The Morgan fingerprint density at radius 1 is 1.05 bits per heavy atom. The highest BCUT2D eigenvalue weighted by atomic mass is 15.2. The van der Waals surface area contributed by atoms with Crippen LogP contribution in [-0.2, 0) is 0 Å². The van der Waals surface area contributed by atoms with Crippen LogP contribution in [0.1, 0.15) is 60.8 Å². The second-order valence-electron chi connectivity index (χ2n) is 8.55. The van der Waals surface area contributed by atoms with Gasteiger partial charge in [0.05, 0.1) is 0 Å². The van der Waals surface area contributed by atoms with E-state index in [1.807, 2.05) is 0 Å². The van der Waals surface area contributed by atoms with E-state index >= 15 is 0 Å². The molecule has 2 fully saturated rings. The normalized spacial score (nSPS) is 32.1. The molecule has 2 bridgehead atoms. The molecular weight excluding hydrogens is 244 g/mol. The van der Waals surface area contributed by atoms with Crippen LogP contribution in [0.25, 0.3) is 0 Å². The maximum atomic E-state index is 3.98. The van der Waals surface area contributed by atoms with Gasteiger partial charge in [-0.25, -0.2) is 0 Å². The van der Waals surface area contributed by atoms with E-state index in [0.29, 0.717) is 11.5 Å². The van der Waals surface area contributed by atoms with Crippen molar-refractivity contribution in [1.82, 2.24) is 10.2 Å². The molecule has 1 N–H and O–H groups in total. The van der Waals surface area contributed by atoms with Crippen molar-refractivity contribution >= 4 is 0 Å². The molecule has 1 heterocycles. The van der Waals surface area contributed by atoms with E-state index in [2.05, 4.69) is 51.8 Å². The second kappa shape index (κ2) is 6.36. The molecule has 0 aromatic rings. The van der Waals surface area contributed by atoms with E-state index in [-0.39, 0.29) is 0 Å². The lowest BCUT2D eigenvalue weighted by Gasteiger charge is -2.50. The smallest absolute Gasteiger partial charge is 0.0148 e. The van der Waals surface area contributed by atoms with E-state index < -0.39 is 0 Å². The van der Waals surface area contributed by atoms with Gasteiger partial charge in [0.2, 0.25) is 0 Å². The number of nitrogens with zero attached hydrogens (tertiary/aromatic N) is 1. The molecule has 1 aliphatic heterocycles. The molecule has 2 unspecified atom stereocenters. The molecule has 1 saturated heterocycles. The van der Waals surface area contributed by atoms with Gasteiger partial charge < -0.3 is 10.2 Å². The Bertz CT molecular complexity index is 295. The summed E-state index contributed by atoms with van der Waals surface area (Å²) in [5.74, 6) is 2.51. The van der Waals surface area contributed by atoms with Gasteiger partial charge in [-0.05, 0) is 49.9 Å². The monoisotopic (exact) mass is 280 g/mol. The first-order valence-electron chi connectivity index (χ1n) is 8.78. The van der Waals surface area contributed by atoms with Crippen LogP contribution in [0.2, 0.25) is 0 Å². The summed E-state index contributed by atoms with van der Waals surface area (Å²) in [5.41, 5.74) is 0.406. The average molecular weight is 281 g/mol. The molecule has 2 rings (SSSR count). The fourth-order valence-electron chi connectivity index (χ4n) is 3.81. The highest BCUT2D eigenvalue weighted by Crippen LogP contribution is 2.36. The Morgan fingerprint density at radius 3 is 2.05 bits per heavy atom. The maximum Gasteiger partial charge on any atom is 0.0148 e. The Kier molecular flexibility index (Phi) is 5.18. The third kappa shape index (κ3) is 3.57. The molecule has 20 heavy (non-hydrogen) atoms. The Morgan fingerprint density at radius 2 is 1.60 bits per heavy atom. The highest BCUT2D eigenvalue weighted by molar-refractivity contribution is 4.96. The number of hydrogen-bond acceptors (Lipinski definition) is 2. The quantitative estimate of drug-likeness (QED) is 0.825. The van der Waals surface area contributed by atoms with Crippen LogP contribution < -0.4 is 5.32 Å². The van der Waals surface area contributed by atoms with Crippen molar-refractivity contribution in [3.8, 4) is 0 Å². The first kappa shape index (κ1) is 16.3. The fraction of sp³-hybridized carbons (Fsp3) is 1.00. The summed E-state index contributed by atoms with van der Waals surface area (Å²) in [7, 11) is 0. The van der Waals surface area contributed by atoms with Gasteiger partial charge in [-0.2, -0.15) is 0 Å². The minimum absolute atomic E-state index is 0.406. The van der Waals surface area contributed by atoms with E-state index in [9.17, 15) is 0 Å². The van der Waals surface area contributed by atoms with Gasteiger partial charge in [0.1, 0.15) is 0 Å². The number of rotatable bonds is 5. The number of likely N-dealkylation sites (tertiary alicyclic amines) is 1. The number of fused-ring (bicyclic) bond motifs is 2. The van der Waals surface area contributed by atoms with Crippen LogP contribution in [0.3, 0.4) is 0 Å². The average Bonchev–Trinajstić information content (AvgIpc) is 2.34. The van der Waals surface area contributed by atoms with Crippen molar-refractivity contribution in [2.75, 3.05) is 19.6 Å². The zero-order chi connectivity index (χ0) is 14.9. The lowest BCUT2D eigenvalue weighted by Crippen LogP contribution is -2.59. The minimum atomic E-state index is 0.406. The lowest BCUT2D eigenvalue weighted by molar-refractivity contribution is 0.0240. The van der Waals surface area contributed by atoms with E-state index in [0.717, 1.165) is 23.8 Å². The van der Waals surface area contributed by atoms with Crippen LogP contribution >= 0.6 is 0 Å². The minimum Gasteiger partial charge on any atom is -0.313 e. The van der Waals surface area contributed by atoms with Gasteiger partial charge in [0.25, 0.3) is 0 Å². The predicted octanol–water partition coefficient (Wildman–Crippen LogP) is 3.77. The van der Waals surface area contributed by atoms with E-state index in [4.69, 9.17) is 0 Å². The number of hydrogen-bond donors (Lipinski definition) is 1. The van der Waals surface area contributed by atoms with Crippen molar-refractivity contribution in [3.63, 3.8) is 0 Å². The standard InChI is InChI=1S/C18H36N2/c1-13(2)18(5,6)12-19-17-15-8-7-9-16(17)11-20(10-15)14(3)4/h13-17,19H,7-12H2,1-6H3. The van der Waals surface area contributed by atoms with Crippen LogP contribution in [0.5, 0.6) is 0 Å². The van der Waals surface area contributed by atoms with Gasteiger partial charge in [0, 0.05) is 31.7 Å². The van der Waals surface area contributed by atoms with Gasteiger partial charge in [-0.3, -0.25) is 0 Å². The fourth-order valence-corrected chi connectivity index (χ4v) is 3.81. The Labute approximate surface area is 126 Å². The summed E-state index contributed by atoms with van der Waals surface area (Å²) in [5, 5.41) is 3.98. The van der Waals surface area contributed by atoms with Crippen molar-refractivity contribution in [3.05, 3.63) is 0 Å². The summed E-state index contributed by atoms with van der Waals surface area (Å²) in [6.45, 7) is 18.0. The highest BCUT2D eigenvalue weighted by Gasteiger charge is 2.40. The van der Waals surface area contributed by atoms with Crippen LogP contribution in [0.4, 0.5) is 0 Å². The number of piperidine rings is 1. The van der Waals surface area contributed by atoms with Crippen molar-refractivity contribution in [2.45, 2.75) is 72.9 Å². The molecule has 2 atom stereocenters. The SMILES string of the molecule is CC(C)N1CC2CCCC(C1)C2NCC(C)(C)C(C)C. The Balaban J connectivity index is 1.95. The summed E-state index contributed by atoms with van der Waals surface area (Å²) in [6, 6.07) is 1.49. The zero-order valence-electron chi connectivity index (χ0n) is 14.6. The molecule has 0 spiro atoms. The van der Waals surface area contributed by atoms with Gasteiger partial charge in [-0.1, -0.05) is 34.1 Å². The van der Waals surface area contributed by atoms with Crippen LogP contribution in [0.15, 0.2) is 0 Å². The van der Waals surface area contributed by atoms with Crippen molar-refractivity contribution in [1.29, 1.82) is 0 Å². The third-order valence-corrected chi connectivity index (χ3v) is 6.19. The van der Waals surface area contributed by atoms with E-state index in [1.54, 1.807) is 0 Å². The third-order valence-electron chi connectivity index (χ3n) is 6.19. The lowest BCUT2D eigenvalue weighted by atomic mass is 9.72. The first-order valence-corrected chi connectivity index (χ1v) is 8.78. The summed E-state index contributed by atoms with van der Waals surface area (Å²) < 4.78 is 0. The molecule has 2 heteroatoms. The molecule has 1 aliphatic carbocycles. The number of nitrogens with one attached hydrogen (secondary N) is 1. The summed E-state index contributed by atoms with van der Waals surface area (Å²) in [4.78, 5) is 2.71. The molecule has 0 aromatic carbocycles. The maximum absolute atomic E-state index is 3.98. The van der Waals surface area contributed by atoms with Crippen molar-refractivity contribution in [2.24, 2.45) is 23.2 Å². The van der Waals surface area contributed by atoms with Crippen molar-refractivity contribution < 1.29 is 0 Å². The Hall–Kier alpha value is -0.0800. The van der Waals surface area contributed by atoms with Gasteiger partial charge >= 0.3 is 0 Å². The van der Waals surface area contributed by atoms with Gasteiger partial charge in [0.15, 0.2) is 0 Å². The van der Waals surface area contributed by atoms with E-state index in [1.165, 1.54) is 38.9 Å². The molecule has 0 aromatic heterocycles. The van der Waals surface area contributed by atoms with Crippen LogP contribution in [0, 0.1) is 23.2 Å². The topological polar surface area (TPSA) is 15.3 Å². The summed E-state index contributed by atoms with van der Waals surface area (Å²) >= 11 is 0. The summed E-state index contributed by atoms with van der Waals surface area (Å²) in [6.07, 6.45) is 4.31. The zero-order valence-corrected chi connectivity index (χ0v) is 14.6. The molecular formula is C18H36N2. The molecule has 0 radical (unpaired) electrons. The molecule has 118 valence electrons. The first-order chi connectivity index (χ1) is 9.31. The predicted molar refractivity (Wildman–Crippen MR) is 87.9 cm³/mol. The molecule has 2 aliphatic rings. The van der Waals surface area contributed by atoms with Gasteiger partial charge in [-0.15, -0.1) is 0 Å². The molecule has 2 nitrogen and oxygen atoms in total.